The highest BCUT2D eigenvalue weighted by atomic mass is 16.2. The van der Waals surface area contributed by atoms with E-state index in [4.69, 9.17) is 0 Å². The standard InChI is InChI=1S/C21H29N3O2/c1-21(2,3)20(26)24-12-6-7-16(14-24)19(25)22-11-10-15-13-23-18-9-5-4-8-17(15)18/h4-5,8-9,13,16,23H,6-7,10-12,14H2,1-3H3,(H,22,25). The van der Waals surface area contributed by atoms with Crippen molar-refractivity contribution in [1.29, 1.82) is 0 Å². The van der Waals surface area contributed by atoms with Crippen molar-refractivity contribution in [2.75, 3.05) is 19.6 Å². The minimum atomic E-state index is -0.395. The highest BCUT2D eigenvalue weighted by Crippen LogP contribution is 2.23. The number of hydrogen-bond donors (Lipinski definition) is 2. The first-order valence-corrected chi connectivity index (χ1v) is 9.48. The van der Waals surface area contributed by atoms with Gasteiger partial charge in [0.1, 0.15) is 0 Å². The molecule has 1 saturated heterocycles. The zero-order valence-corrected chi connectivity index (χ0v) is 16.0. The van der Waals surface area contributed by atoms with E-state index in [0.717, 1.165) is 31.3 Å². The van der Waals surface area contributed by atoms with Crippen LogP contribution in [0, 0.1) is 11.3 Å². The maximum absolute atomic E-state index is 12.6. The Labute approximate surface area is 155 Å². The lowest BCUT2D eigenvalue weighted by Gasteiger charge is -2.35. The predicted octanol–water partition coefficient (Wildman–Crippen LogP) is 3.11. The van der Waals surface area contributed by atoms with Gasteiger partial charge in [-0.3, -0.25) is 9.59 Å². The van der Waals surface area contributed by atoms with Gasteiger partial charge in [0.15, 0.2) is 0 Å². The van der Waals surface area contributed by atoms with Crippen molar-refractivity contribution in [1.82, 2.24) is 15.2 Å². The Morgan fingerprint density at radius 2 is 2.04 bits per heavy atom. The average Bonchev–Trinajstić information content (AvgIpc) is 3.03. The minimum Gasteiger partial charge on any atom is -0.361 e. The van der Waals surface area contributed by atoms with Crippen molar-refractivity contribution in [2.24, 2.45) is 11.3 Å². The number of carbonyl (C=O) groups is 2. The van der Waals surface area contributed by atoms with E-state index in [-0.39, 0.29) is 17.7 Å². The fourth-order valence-electron chi connectivity index (χ4n) is 3.65. The number of H-pyrrole nitrogens is 1. The van der Waals surface area contributed by atoms with E-state index in [9.17, 15) is 9.59 Å². The third-order valence-corrected chi connectivity index (χ3v) is 5.09. The van der Waals surface area contributed by atoms with E-state index in [1.54, 1.807) is 0 Å². The zero-order valence-electron chi connectivity index (χ0n) is 16.0. The van der Waals surface area contributed by atoms with Crippen LogP contribution in [-0.2, 0) is 16.0 Å². The van der Waals surface area contributed by atoms with Gasteiger partial charge in [-0.05, 0) is 30.9 Å². The number of fused-ring (bicyclic) bond motifs is 1. The van der Waals surface area contributed by atoms with Gasteiger partial charge >= 0.3 is 0 Å². The molecule has 1 aromatic carbocycles. The number of carbonyl (C=O) groups excluding carboxylic acids is 2. The molecule has 1 aliphatic heterocycles. The van der Waals surface area contributed by atoms with Gasteiger partial charge in [0.25, 0.3) is 0 Å². The number of aromatic nitrogens is 1. The van der Waals surface area contributed by atoms with Gasteiger partial charge in [-0.2, -0.15) is 0 Å². The van der Waals surface area contributed by atoms with Crippen LogP contribution < -0.4 is 5.32 Å². The second kappa shape index (κ2) is 7.52. The highest BCUT2D eigenvalue weighted by molar-refractivity contribution is 5.84. The van der Waals surface area contributed by atoms with Crippen molar-refractivity contribution >= 4 is 22.7 Å². The van der Waals surface area contributed by atoms with Crippen LogP contribution in [0.25, 0.3) is 10.9 Å². The molecule has 2 aromatic rings. The van der Waals surface area contributed by atoms with Crippen LogP contribution in [0.3, 0.4) is 0 Å². The van der Waals surface area contributed by atoms with Crippen LogP contribution in [0.2, 0.25) is 0 Å². The summed E-state index contributed by atoms with van der Waals surface area (Å²) in [6.07, 6.45) is 4.56. The van der Waals surface area contributed by atoms with Crippen molar-refractivity contribution in [3.05, 3.63) is 36.0 Å². The van der Waals surface area contributed by atoms with Gasteiger partial charge in [0.2, 0.25) is 11.8 Å². The first kappa shape index (κ1) is 18.5. The summed E-state index contributed by atoms with van der Waals surface area (Å²) in [7, 11) is 0. The number of hydrogen-bond acceptors (Lipinski definition) is 2. The van der Waals surface area contributed by atoms with E-state index >= 15 is 0 Å². The van der Waals surface area contributed by atoms with E-state index < -0.39 is 5.41 Å². The van der Waals surface area contributed by atoms with Gasteiger partial charge in [0.05, 0.1) is 5.92 Å². The Bertz CT molecular complexity index is 788. The lowest BCUT2D eigenvalue weighted by Crippen LogP contribution is -2.48. The number of likely N-dealkylation sites (tertiary alicyclic amines) is 1. The molecule has 1 fully saturated rings. The Balaban J connectivity index is 1.52. The number of nitrogens with one attached hydrogen (secondary N) is 2. The summed E-state index contributed by atoms with van der Waals surface area (Å²) in [6.45, 7) is 7.70. The molecular weight excluding hydrogens is 326 g/mol. The molecule has 5 heteroatoms. The topological polar surface area (TPSA) is 65.2 Å². The number of rotatable bonds is 4. The summed E-state index contributed by atoms with van der Waals surface area (Å²) in [5.41, 5.74) is 1.94. The van der Waals surface area contributed by atoms with Gasteiger partial charge in [-0.1, -0.05) is 39.0 Å². The zero-order chi connectivity index (χ0) is 18.7. The van der Waals surface area contributed by atoms with Crippen molar-refractivity contribution in [2.45, 2.75) is 40.0 Å². The average molecular weight is 355 g/mol. The second-order valence-electron chi connectivity index (χ2n) is 8.24. The molecule has 1 aliphatic rings. The molecule has 1 aromatic heterocycles. The molecule has 3 rings (SSSR count). The highest BCUT2D eigenvalue weighted by Gasteiger charge is 2.33. The van der Waals surface area contributed by atoms with E-state index in [1.807, 2.05) is 44.0 Å². The van der Waals surface area contributed by atoms with Crippen molar-refractivity contribution in [3.63, 3.8) is 0 Å². The molecule has 0 bridgehead atoms. The van der Waals surface area contributed by atoms with Gasteiger partial charge < -0.3 is 15.2 Å². The molecule has 1 atom stereocenters. The van der Waals surface area contributed by atoms with Crippen molar-refractivity contribution in [3.8, 4) is 0 Å². The summed E-state index contributed by atoms with van der Waals surface area (Å²) in [5, 5.41) is 4.27. The first-order valence-electron chi connectivity index (χ1n) is 9.48. The third kappa shape index (κ3) is 4.09. The quantitative estimate of drug-likeness (QED) is 0.885. The predicted molar refractivity (Wildman–Crippen MR) is 104 cm³/mol. The van der Waals surface area contributed by atoms with Crippen LogP contribution in [0.4, 0.5) is 0 Å². The van der Waals surface area contributed by atoms with Crippen LogP contribution in [0.5, 0.6) is 0 Å². The molecule has 5 nitrogen and oxygen atoms in total. The molecule has 2 N–H and O–H groups in total. The summed E-state index contributed by atoms with van der Waals surface area (Å²) in [5.74, 6) is 0.100. The molecule has 2 amide bonds. The minimum absolute atomic E-state index is 0.0660. The van der Waals surface area contributed by atoms with Gasteiger partial charge in [-0.15, -0.1) is 0 Å². The number of nitrogens with zero attached hydrogens (tertiary/aromatic N) is 1. The van der Waals surface area contributed by atoms with Gasteiger partial charge in [-0.25, -0.2) is 0 Å². The lowest BCUT2D eigenvalue weighted by atomic mass is 9.91. The lowest BCUT2D eigenvalue weighted by molar-refractivity contribution is -0.142. The molecule has 0 radical (unpaired) electrons. The Hall–Kier alpha value is -2.30. The largest absolute Gasteiger partial charge is 0.361 e. The first-order chi connectivity index (χ1) is 12.4. The van der Waals surface area contributed by atoms with E-state index in [2.05, 4.69) is 22.4 Å². The van der Waals surface area contributed by atoms with Crippen LogP contribution >= 0.6 is 0 Å². The number of benzene rings is 1. The van der Waals surface area contributed by atoms with Crippen LogP contribution in [-0.4, -0.2) is 41.3 Å². The maximum Gasteiger partial charge on any atom is 0.227 e. The molecule has 26 heavy (non-hydrogen) atoms. The molecule has 140 valence electrons. The molecule has 2 heterocycles. The summed E-state index contributed by atoms with van der Waals surface area (Å²) in [4.78, 5) is 30.1. The third-order valence-electron chi connectivity index (χ3n) is 5.09. The second-order valence-corrected chi connectivity index (χ2v) is 8.24. The fourth-order valence-corrected chi connectivity index (χ4v) is 3.65. The molecule has 0 spiro atoms. The van der Waals surface area contributed by atoms with E-state index in [0.29, 0.717) is 13.1 Å². The molecule has 0 aliphatic carbocycles. The summed E-state index contributed by atoms with van der Waals surface area (Å²) in [6, 6.07) is 8.19. The van der Waals surface area contributed by atoms with Gasteiger partial charge in [0, 0.05) is 42.1 Å². The van der Waals surface area contributed by atoms with Crippen LogP contribution in [0.1, 0.15) is 39.2 Å². The fraction of sp³-hybridized carbons (Fsp3) is 0.524. The number of aromatic amines is 1. The van der Waals surface area contributed by atoms with Crippen molar-refractivity contribution < 1.29 is 9.59 Å². The number of amides is 2. The monoisotopic (exact) mass is 355 g/mol. The molecular formula is C21H29N3O2. The molecule has 1 unspecified atom stereocenters. The summed E-state index contributed by atoms with van der Waals surface area (Å²) >= 11 is 0. The van der Waals surface area contributed by atoms with Crippen LogP contribution in [0.15, 0.2) is 30.5 Å². The number of piperidine rings is 1. The smallest absolute Gasteiger partial charge is 0.227 e. The molecule has 0 saturated carbocycles. The summed E-state index contributed by atoms with van der Waals surface area (Å²) < 4.78 is 0. The Morgan fingerprint density at radius 3 is 2.81 bits per heavy atom. The van der Waals surface area contributed by atoms with E-state index in [1.165, 1.54) is 10.9 Å². The normalized spacial score (nSPS) is 18.1. The maximum atomic E-state index is 12.6. The Morgan fingerprint density at radius 1 is 1.27 bits per heavy atom. The SMILES string of the molecule is CC(C)(C)C(=O)N1CCCC(C(=O)NCCc2c[nH]c3ccccc23)C1. The Kier molecular flexibility index (Phi) is 5.35. The number of para-hydroxylation sites is 1.